The zero-order valence-electron chi connectivity index (χ0n) is 15.1. The summed E-state index contributed by atoms with van der Waals surface area (Å²) in [7, 11) is 0. The SMILES string of the molecule is O=C(Nc1cccc(Oc2ccccc2)c1)C(=O)N[C@@H]1CCc2cn[nH]c2C1. The Labute approximate surface area is 162 Å². The van der Waals surface area contributed by atoms with Gasteiger partial charge < -0.3 is 15.4 Å². The highest BCUT2D eigenvalue weighted by Gasteiger charge is 2.24. The number of aryl methyl sites for hydroxylation is 1. The van der Waals surface area contributed by atoms with Crippen molar-refractivity contribution in [3.63, 3.8) is 0 Å². The van der Waals surface area contributed by atoms with Crippen molar-refractivity contribution < 1.29 is 14.3 Å². The number of H-pyrrole nitrogens is 1. The van der Waals surface area contributed by atoms with Crippen molar-refractivity contribution in [2.45, 2.75) is 25.3 Å². The van der Waals surface area contributed by atoms with E-state index in [1.807, 2.05) is 36.5 Å². The highest BCUT2D eigenvalue weighted by Crippen LogP contribution is 2.24. The summed E-state index contributed by atoms with van der Waals surface area (Å²) >= 11 is 0. The molecular formula is C21H20N4O3. The molecule has 0 fully saturated rings. The van der Waals surface area contributed by atoms with Crippen molar-refractivity contribution >= 4 is 17.5 Å². The molecule has 4 rings (SSSR count). The molecule has 2 amide bonds. The number of aromatic nitrogens is 2. The van der Waals surface area contributed by atoms with Crippen molar-refractivity contribution in [2.75, 3.05) is 5.32 Å². The van der Waals surface area contributed by atoms with Gasteiger partial charge in [0.05, 0.1) is 6.20 Å². The van der Waals surface area contributed by atoms with Gasteiger partial charge in [-0.05, 0) is 42.7 Å². The molecule has 0 spiro atoms. The van der Waals surface area contributed by atoms with Gasteiger partial charge in [0.1, 0.15) is 11.5 Å². The molecule has 0 unspecified atom stereocenters. The molecule has 7 heteroatoms. The Morgan fingerprint density at radius 3 is 2.71 bits per heavy atom. The largest absolute Gasteiger partial charge is 0.457 e. The van der Waals surface area contributed by atoms with Gasteiger partial charge in [0.15, 0.2) is 0 Å². The van der Waals surface area contributed by atoms with Crippen LogP contribution in [-0.2, 0) is 22.4 Å². The quantitative estimate of drug-likeness (QED) is 0.610. The molecule has 1 atom stereocenters. The Kier molecular flexibility index (Phi) is 5.05. The van der Waals surface area contributed by atoms with E-state index in [2.05, 4.69) is 20.8 Å². The molecule has 0 saturated carbocycles. The number of rotatable bonds is 4. The maximum Gasteiger partial charge on any atom is 0.313 e. The van der Waals surface area contributed by atoms with E-state index in [-0.39, 0.29) is 6.04 Å². The van der Waals surface area contributed by atoms with Crippen LogP contribution < -0.4 is 15.4 Å². The average Bonchev–Trinajstić information content (AvgIpc) is 3.17. The minimum absolute atomic E-state index is 0.0843. The fraction of sp³-hybridized carbons (Fsp3) is 0.190. The normalized spacial score (nSPS) is 15.4. The number of para-hydroxylation sites is 1. The number of fused-ring (bicyclic) bond motifs is 1. The maximum atomic E-state index is 12.3. The summed E-state index contributed by atoms with van der Waals surface area (Å²) in [5, 5.41) is 12.4. The average molecular weight is 376 g/mol. The van der Waals surface area contributed by atoms with Crippen molar-refractivity contribution in [3.05, 3.63) is 72.1 Å². The van der Waals surface area contributed by atoms with Gasteiger partial charge in [0.25, 0.3) is 0 Å². The van der Waals surface area contributed by atoms with E-state index in [0.29, 0.717) is 23.6 Å². The van der Waals surface area contributed by atoms with E-state index < -0.39 is 11.8 Å². The Morgan fingerprint density at radius 1 is 1.04 bits per heavy atom. The Bertz CT molecular complexity index is 984. The van der Waals surface area contributed by atoms with Crippen LogP contribution in [0.4, 0.5) is 5.69 Å². The fourth-order valence-electron chi connectivity index (χ4n) is 3.23. The third kappa shape index (κ3) is 4.20. The molecule has 3 N–H and O–H groups in total. The second kappa shape index (κ2) is 7.96. The molecule has 0 radical (unpaired) electrons. The first-order valence-corrected chi connectivity index (χ1v) is 9.13. The fourth-order valence-corrected chi connectivity index (χ4v) is 3.23. The van der Waals surface area contributed by atoms with Gasteiger partial charge in [-0.3, -0.25) is 14.7 Å². The molecule has 0 aliphatic heterocycles. The second-order valence-corrected chi connectivity index (χ2v) is 6.68. The summed E-state index contributed by atoms with van der Waals surface area (Å²) in [6, 6.07) is 16.2. The molecule has 1 aromatic heterocycles. The molecule has 1 heterocycles. The van der Waals surface area contributed by atoms with Gasteiger partial charge >= 0.3 is 11.8 Å². The molecule has 0 saturated heterocycles. The van der Waals surface area contributed by atoms with Gasteiger partial charge in [-0.15, -0.1) is 0 Å². The van der Waals surface area contributed by atoms with Crippen molar-refractivity contribution in [2.24, 2.45) is 0 Å². The van der Waals surface area contributed by atoms with Crippen molar-refractivity contribution in [1.82, 2.24) is 15.5 Å². The monoisotopic (exact) mass is 376 g/mol. The lowest BCUT2D eigenvalue weighted by atomic mass is 9.94. The number of benzene rings is 2. The molecule has 0 bridgehead atoms. The zero-order chi connectivity index (χ0) is 19.3. The lowest BCUT2D eigenvalue weighted by Crippen LogP contribution is -2.44. The summed E-state index contributed by atoms with van der Waals surface area (Å²) in [5.74, 6) is -0.0859. The predicted molar refractivity (Wildman–Crippen MR) is 104 cm³/mol. The first-order chi connectivity index (χ1) is 13.7. The Hall–Kier alpha value is -3.61. The van der Waals surface area contributed by atoms with Crippen LogP contribution in [0.25, 0.3) is 0 Å². The number of carbonyl (C=O) groups is 2. The minimum atomic E-state index is -0.702. The zero-order valence-corrected chi connectivity index (χ0v) is 15.1. The topological polar surface area (TPSA) is 96.1 Å². The number of anilines is 1. The van der Waals surface area contributed by atoms with Crippen molar-refractivity contribution in [3.8, 4) is 11.5 Å². The Balaban J connectivity index is 1.34. The highest BCUT2D eigenvalue weighted by molar-refractivity contribution is 6.39. The number of carbonyl (C=O) groups excluding carboxylic acids is 2. The van der Waals surface area contributed by atoms with E-state index in [9.17, 15) is 9.59 Å². The van der Waals surface area contributed by atoms with Crippen molar-refractivity contribution in [1.29, 1.82) is 0 Å². The Morgan fingerprint density at radius 2 is 1.86 bits per heavy atom. The first kappa shape index (κ1) is 17.8. The molecule has 1 aliphatic carbocycles. The first-order valence-electron chi connectivity index (χ1n) is 9.13. The second-order valence-electron chi connectivity index (χ2n) is 6.68. The molecule has 3 aromatic rings. The van der Waals surface area contributed by atoms with E-state index in [0.717, 1.165) is 18.5 Å². The standard InChI is InChI=1S/C21H20N4O3/c26-20(21(27)24-16-10-9-14-13-22-25-19(14)12-16)23-15-5-4-8-18(11-15)28-17-6-2-1-3-7-17/h1-8,11,13,16H,9-10,12H2,(H,22,25)(H,23,26)(H,24,27)/t16-/m1/s1. The predicted octanol–water partition coefficient (Wildman–Crippen LogP) is 2.81. The lowest BCUT2D eigenvalue weighted by molar-refractivity contribution is -0.136. The third-order valence-electron chi connectivity index (χ3n) is 4.63. The number of hydrogen-bond donors (Lipinski definition) is 3. The van der Waals surface area contributed by atoms with E-state index in [1.165, 1.54) is 5.56 Å². The van der Waals surface area contributed by atoms with Crippen LogP contribution in [0.1, 0.15) is 17.7 Å². The number of amides is 2. The van der Waals surface area contributed by atoms with Gasteiger partial charge in [0, 0.05) is 29.9 Å². The van der Waals surface area contributed by atoms with Crippen LogP contribution in [0.2, 0.25) is 0 Å². The van der Waals surface area contributed by atoms with Crippen LogP contribution in [-0.4, -0.2) is 28.1 Å². The molecule has 7 nitrogen and oxygen atoms in total. The number of ether oxygens (including phenoxy) is 1. The molecule has 1 aliphatic rings. The molecular weight excluding hydrogens is 356 g/mol. The van der Waals surface area contributed by atoms with E-state index >= 15 is 0 Å². The summed E-state index contributed by atoms with van der Waals surface area (Å²) in [4.78, 5) is 24.5. The summed E-state index contributed by atoms with van der Waals surface area (Å²) < 4.78 is 5.75. The lowest BCUT2D eigenvalue weighted by Gasteiger charge is -2.22. The van der Waals surface area contributed by atoms with Crippen LogP contribution in [0.15, 0.2) is 60.8 Å². The van der Waals surface area contributed by atoms with Gasteiger partial charge in [0.2, 0.25) is 0 Å². The van der Waals surface area contributed by atoms with Crippen LogP contribution in [0.3, 0.4) is 0 Å². The minimum Gasteiger partial charge on any atom is -0.457 e. The molecule has 142 valence electrons. The number of hydrogen-bond acceptors (Lipinski definition) is 4. The number of aromatic amines is 1. The number of nitrogens with zero attached hydrogens (tertiary/aromatic N) is 1. The van der Waals surface area contributed by atoms with Gasteiger partial charge in [-0.25, -0.2) is 0 Å². The van der Waals surface area contributed by atoms with Crippen LogP contribution >= 0.6 is 0 Å². The number of nitrogens with one attached hydrogen (secondary N) is 3. The summed E-state index contributed by atoms with van der Waals surface area (Å²) in [5.41, 5.74) is 2.68. The molecule has 2 aromatic carbocycles. The van der Waals surface area contributed by atoms with Crippen LogP contribution in [0.5, 0.6) is 11.5 Å². The maximum absolute atomic E-state index is 12.3. The summed E-state index contributed by atoms with van der Waals surface area (Å²) in [6.45, 7) is 0. The van der Waals surface area contributed by atoms with Crippen LogP contribution in [0, 0.1) is 0 Å². The third-order valence-corrected chi connectivity index (χ3v) is 4.63. The van der Waals surface area contributed by atoms with Gasteiger partial charge in [-0.1, -0.05) is 24.3 Å². The highest BCUT2D eigenvalue weighted by atomic mass is 16.5. The molecule has 28 heavy (non-hydrogen) atoms. The van der Waals surface area contributed by atoms with E-state index in [4.69, 9.17) is 4.74 Å². The van der Waals surface area contributed by atoms with Gasteiger partial charge in [-0.2, -0.15) is 5.10 Å². The summed E-state index contributed by atoms with van der Waals surface area (Å²) in [6.07, 6.45) is 4.07. The van der Waals surface area contributed by atoms with E-state index in [1.54, 1.807) is 24.3 Å². The smallest absolute Gasteiger partial charge is 0.313 e.